The van der Waals surface area contributed by atoms with E-state index < -0.39 is 0 Å². The highest BCUT2D eigenvalue weighted by Gasteiger charge is 2.16. The Balaban J connectivity index is 0.00000169. The van der Waals surface area contributed by atoms with E-state index in [0.717, 1.165) is 13.1 Å². The summed E-state index contributed by atoms with van der Waals surface area (Å²) in [7, 11) is 0. The zero-order valence-electron chi connectivity index (χ0n) is 8.91. The summed E-state index contributed by atoms with van der Waals surface area (Å²) < 4.78 is 5.16. The number of carbonyl (C=O) groups is 1. The van der Waals surface area contributed by atoms with E-state index in [1.54, 1.807) is 0 Å². The third-order valence-electron chi connectivity index (χ3n) is 2.33. The highest BCUT2D eigenvalue weighted by Crippen LogP contribution is 2.10. The topological polar surface area (TPSA) is 38.3 Å². The molecule has 4 heteroatoms. The third-order valence-corrected chi connectivity index (χ3v) is 2.33. The zero-order chi connectivity index (χ0) is 9.68. The number of esters is 1. The lowest BCUT2D eigenvalue weighted by Crippen LogP contribution is -2.33. The average molecular weight is 222 g/mol. The number of rotatable bonds is 3. The van der Waals surface area contributed by atoms with Crippen molar-refractivity contribution in [2.24, 2.45) is 11.8 Å². The van der Waals surface area contributed by atoms with Gasteiger partial charge in [0, 0.05) is 12.5 Å². The van der Waals surface area contributed by atoms with Crippen molar-refractivity contribution >= 4 is 18.4 Å². The van der Waals surface area contributed by atoms with Gasteiger partial charge in [-0.3, -0.25) is 4.79 Å². The molecule has 3 nitrogen and oxygen atoms in total. The van der Waals surface area contributed by atoms with Gasteiger partial charge in [-0.25, -0.2) is 0 Å². The maximum Gasteiger partial charge on any atom is 0.308 e. The van der Waals surface area contributed by atoms with Gasteiger partial charge >= 0.3 is 5.97 Å². The van der Waals surface area contributed by atoms with Gasteiger partial charge in [0.25, 0.3) is 0 Å². The molecular formula is C10H20ClNO2. The van der Waals surface area contributed by atoms with Crippen molar-refractivity contribution in [3.63, 3.8) is 0 Å². The number of hydrogen-bond acceptors (Lipinski definition) is 3. The van der Waals surface area contributed by atoms with Crippen molar-refractivity contribution in [3.8, 4) is 0 Å². The van der Waals surface area contributed by atoms with E-state index in [2.05, 4.69) is 5.32 Å². The number of nitrogens with one attached hydrogen (secondary N) is 1. The molecule has 1 unspecified atom stereocenters. The molecule has 14 heavy (non-hydrogen) atoms. The first-order valence-electron chi connectivity index (χ1n) is 5.07. The molecular weight excluding hydrogens is 202 g/mol. The summed E-state index contributed by atoms with van der Waals surface area (Å²) in [6.07, 6.45) is 2.38. The summed E-state index contributed by atoms with van der Waals surface area (Å²) in [5, 5.41) is 3.30. The van der Waals surface area contributed by atoms with Crippen LogP contribution in [0.4, 0.5) is 0 Å². The van der Waals surface area contributed by atoms with Crippen molar-refractivity contribution in [2.45, 2.75) is 26.7 Å². The van der Waals surface area contributed by atoms with Gasteiger partial charge in [-0.1, -0.05) is 13.8 Å². The molecule has 0 aromatic heterocycles. The molecule has 0 bridgehead atoms. The second-order valence-corrected chi connectivity index (χ2v) is 4.00. The minimum Gasteiger partial charge on any atom is -0.465 e. The van der Waals surface area contributed by atoms with E-state index in [9.17, 15) is 4.79 Å². The summed E-state index contributed by atoms with van der Waals surface area (Å²) >= 11 is 0. The van der Waals surface area contributed by atoms with Gasteiger partial charge in [-0.05, 0) is 19.4 Å². The average Bonchev–Trinajstić information content (AvgIpc) is 2.15. The molecule has 0 spiro atoms. The Morgan fingerprint density at radius 2 is 2.29 bits per heavy atom. The van der Waals surface area contributed by atoms with Gasteiger partial charge in [0.2, 0.25) is 0 Å². The molecule has 0 aliphatic carbocycles. The molecule has 84 valence electrons. The largest absolute Gasteiger partial charge is 0.465 e. The van der Waals surface area contributed by atoms with Crippen molar-refractivity contribution < 1.29 is 9.53 Å². The summed E-state index contributed by atoms with van der Waals surface area (Å²) in [6, 6.07) is 0. The Bertz CT molecular complexity index is 168. The number of hydrogen-bond donors (Lipinski definition) is 1. The molecule has 0 aromatic carbocycles. The first kappa shape index (κ1) is 13.7. The van der Waals surface area contributed by atoms with E-state index in [1.807, 2.05) is 13.8 Å². The highest BCUT2D eigenvalue weighted by atomic mass is 35.5. The second-order valence-electron chi connectivity index (χ2n) is 4.00. The van der Waals surface area contributed by atoms with E-state index >= 15 is 0 Å². The van der Waals surface area contributed by atoms with E-state index in [1.165, 1.54) is 12.8 Å². The molecule has 1 rings (SSSR count). The Labute approximate surface area is 92.0 Å². The molecule has 1 aliphatic rings. The lowest BCUT2D eigenvalue weighted by molar-refractivity contribution is -0.148. The van der Waals surface area contributed by atoms with E-state index in [0.29, 0.717) is 12.5 Å². The van der Waals surface area contributed by atoms with Crippen molar-refractivity contribution in [2.75, 3.05) is 19.7 Å². The monoisotopic (exact) mass is 221 g/mol. The molecule has 1 N–H and O–H groups in total. The standard InChI is InChI=1S/C10H19NO2.ClH/c1-8(2)10(12)13-7-9-4-3-5-11-6-9;/h8-9,11H,3-7H2,1-2H3;1H. The fourth-order valence-corrected chi connectivity index (χ4v) is 1.43. The lowest BCUT2D eigenvalue weighted by Gasteiger charge is -2.22. The molecule has 0 saturated carbocycles. The quantitative estimate of drug-likeness (QED) is 0.736. The van der Waals surface area contributed by atoms with Gasteiger partial charge in [0.05, 0.1) is 12.5 Å². The summed E-state index contributed by atoms with van der Waals surface area (Å²) in [5.41, 5.74) is 0. The molecule has 1 heterocycles. The van der Waals surface area contributed by atoms with Crippen molar-refractivity contribution in [1.82, 2.24) is 5.32 Å². The van der Waals surface area contributed by atoms with Crippen LogP contribution in [0.2, 0.25) is 0 Å². The molecule has 1 aliphatic heterocycles. The van der Waals surface area contributed by atoms with Crippen LogP contribution in [0.5, 0.6) is 0 Å². The van der Waals surface area contributed by atoms with Crippen LogP contribution >= 0.6 is 12.4 Å². The van der Waals surface area contributed by atoms with Crippen LogP contribution in [0.3, 0.4) is 0 Å². The zero-order valence-corrected chi connectivity index (χ0v) is 9.73. The second kappa shape index (κ2) is 7.07. The van der Waals surface area contributed by atoms with Crippen LogP contribution in [0, 0.1) is 11.8 Å². The van der Waals surface area contributed by atoms with E-state index in [4.69, 9.17) is 4.74 Å². The Morgan fingerprint density at radius 3 is 2.79 bits per heavy atom. The summed E-state index contributed by atoms with van der Waals surface area (Å²) in [4.78, 5) is 11.1. The number of piperidine rings is 1. The van der Waals surface area contributed by atoms with Crippen molar-refractivity contribution in [3.05, 3.63) is 0 Å². The number of carbonyl (C=O) groups excluding carboxylic acids is 1. The lowest BCUT2D eigenvalue weighted by atomic mass is 10.0. The fraction of sp³-hybridized carbons (Fsp3) is 0.900. The fourth-order valence-electron chi connectivity index (χ4n) is 1.43. The third kappa shape index (κ3) is 4.82. The molecule has 0 amide bonds. The van der Waals surface area contributed by atoms with Crippen molar-refractivity contribution in [1.29, 1.82) is 0 Å². The smallest absolute Gasteiger partial charge is 0.308 e. The Hall–Kier alpha value is -0.280. The first-order valence-corrected chi connectivity index (χ1v) is 5.07. The van der Waals surface area contributed by atoms with Crippen LogP contribution in [-0.2, 0) is 9.53 Å². The summed E-state index contributed by atoms with van der Waals surface area (Å²) in [6.45, 7) is 6.41. The predicted octanol–water partition coefficient (Wildman–Crippen LogP) is 1.61. The minimum atomic E-state index is -0.0782. The minimum absolute atomic E-state index is 0. The van der Waals surface area contributed by atoms with Gasteiger partial charge < -0.3 is 10.1 Å². The van der Waals surface area contributed by atoms with Crippen LogP contribution < -0.4 is 5.32 Å². The molecule has 0 aromatic rings. The van der Waals surface area contributed by atoms with Crippen LogP contribution in [-0.4, -0.2) is 25.7 Å². The molecule has 1 saturated heterocycles. The van der Waals surface area contributed by atoms with Crippen LogP contribution in [0.1, 0.15) is 26.7 Å². The van der Waals surface area contributed by atoms with Crippen LogP contribution in [0.25, 0.3) is 0 Å². The number of ether oxygens (including phenoxy) is 1. The Kier molecular flexibility index (Phi) is 6.93. The first-order chi connectivity index (χ1) is 6.20. The van der Waals surface area contributed by atoms with Gasteiger partial charge in [0.1, 0.15) is 0 Å². The molecule has 1 fully saturated rings. The van der Waals surface area contributed by atoms with Gasteiger partial charge in [-0.2, -0.15) is 0 Å². The maximum atomic E-state index is 11.1. The normalized spacial score (nSPS) is 21.5. The maximum absolute atomic E-state index is 11.1. The van der Waals surface area contributed by atoms with Gasteiger partial charge in [-0.15, -0.1) is 12.4 Å². The summed E-state index contributed by atoms with van der Waals surface area (Å²) in [5.74, 6) is 0.443. The van der Waals surface area contributed by atoms with Gasteiger partial charge in [0.15, 0.2) is 0 Å². The SMILES string of the molecule is CC(C)C(=O)OCC1CCCNC1.Cl. The molecule has 0 radical (unpaired) electrons. The van der Waals surface area contributed by atoms with Crippen LogP contribution in [0.15, 0.2) is 0 Å². The Morgan fingerprint density at radius 1 is 1.57 bits per heavy atom. The molecule has 1 atom stereocenters. The number of halogens is 1. The van der Waals surface area contributed by atoms with E-state index in [-0.39, 0.29) is 24.3 Å². The highest BCUT2D eigenvalue weighted by molar-refractivity contribution is 5.85. The predicted molar refractivity (Wildman–Crippen MR) is 58.6 cm³/mol.